The van der Waals surface area contributed by atoms with Gasteiger partial charge in [-0.15, -0.1) is 0 Å². The van der Waals surface area contributed by atoms with E-state index in [0.717, 1.165) is 22.4 Å². The molecule has 16 heavy (non-hydrogen) atoms. The summed E-state index contributed by atoms with van der Waals surface area (Å²) in [5, 5.41) is 7.87. The van der Waals surface area contributed by atoms with Crippen molar-refractivity contribution in [3.8, 4) is 0 Å². The van der Waals surface area contributed by atoms with E-state index in [9.17, 15) is 0 Å². The van der Waals surface area contributed by atoms with E-state index in [1.165, 1.54) is 24.4 Å². The molecular formula is C10H12N4OS. The smallest absolute Gasteiger partial charge is 0.202 e. The maximum absolute atomic E-state index is 5.10. The molecule has 0 atom stereocenters. The fraction of sp³-hybridized carbons (Fsp3) is 0.500. The number of aromatic nitrogens is 3. The van der Waals surface area contributed by atoms with Gasteiger partial charge in [0.25, 0.3) is 0 Å². The van der Waals surface area contributed by atoms with Gasteiger partial charge >= 0.3 is 0 Å². The number of nitrogens with one attached hydrogen (secondary N) is 1. The molecule has 6 heteroatoms. The van der Waals surface area contributed by atoms with Gasteiger partial charge in [0.2, 0.25) is 5.13 Å². The zero-order chi connectivity index (χ0) is 11.0. The summed E-state index contributed by atoms with van der Waals surface area (Å²) < 4.78 is 9.41. The topological polar surface area (TPSA) is 63.8 Å². The first kappa shape index (κ1) is 9.77. The molecule has 0 saturated heterocycles. The number of hydrogen-bond donors (Lipinski definition) is 1. The maximum atomic E-state index is 5.10. The normalized spacial score (nSPS) is 15.3. The Bertz CT molecular complexity index is 488. The first-order valence-electron chi connectivity index (χ1n) is 5.31. The molecular weight excluding hydrogens is 224 g/mol. The van der Waals surface area contributed by atoms with Crippen molar-refractivity contribution >= 4 is 16.7 Å². The quantitative estimate of drug-likeness (QED) is 0.882. The van der Waals surface area contributed by atoms with E-state index in [1.54, 1.807) is 0 Å². The second-order valence-electron chi connectivity index (χ2n) is 4.02. The van der Waals surface area contributed by atoms with Gasteiger partial charge in [-0.1, -0.05) is 5.16 Å². The van der Waals surface area contributed by atoms with Crippen LogP contribution in [-0.4, -0.2) is 14.5 Å². The fourth-order valence-corrected chi connectivity index (χ4v) is 2.12. The summed E-state index contributed by atoms with van der Waals surface area (Å²) in [6.45, 7) is 2.52. The van der Waals surface area contributed by atoms with E-state index in [0.29, 0.717) is 12.5 Å². The molecule has 3 rings (SSSR count). The molecule has 0 spiro atoms. The van der Waals surface area contributed by atoms with E-state index in [2.05, 4.69) is 19.8 Å². The lowest BCUT2D eigenvalue weighted by molar-refractivity contribution is 0.384. The summed E-state index contributed by atoms with van der Waals surface area (Å²) in [4.78, 5) is 4.43. The van der Waals surface area contributed by atoms with Crippen LogP contribution in [0.15, 0.2) is 10.6 Å². The van der Waals surface area contributed by atoms with Crippen molar-refractivity contribution in [2.45, 2.75) is 32.2 Å². The molecule has 2 aromatic rings. The van der Waals surface area contributed by atoms with Crippen molar-refractivity contribution in [3.63, 3.8) is 0 Å². The maximum Gasteiger partial charge on any atom is 0.202 e. The van der Waals surface area contributed by atoms with Gasteiger partial charge in [-0.25, -0.2) is 4.98 Å². The Balaban J connectivity index is 1.61. The third kappa shape index (κ3) is 2.06. The molecule has 2 aromatic heterocycles. The van der Waals surface area contributed by atoms with Crippen molar-refractivity contribution < 1.29 is 4.52 Å². The molecule has 1 aliphatic rings. The zero-order valence-electron chi connectivity index (χ0n) is 8.93. The third-order valence-electron chi connectivity index (χ3n) is 2.47. The van der Waals surface area contributed by atoms with Crippen molar-refractivity contribution in [1.82, 2.24) is 14.5 Å². The van der Waals surface area contributed by atoms with E-state index < -0.39 is 0 Å². The van der Waals surface area contributed by atoms with Crippen LogP contribution in [0.5, 0.6) is 0 Å². The van der Waals surface area contributed by atoms with Gasteiger partial charge in [-0.2, -0.15) is 4.37 Å². The molecule has 1 N–H and O–H groups in total. The predicted octanol–water partition coefficient (Wildman–Crippen LogP) is 2.32. The predicted molar refractivity (Wildman–Crippen MR) is 60.5 cm³/mol. The minimum Gasteiger partial charge on any atom is -0.359 e. The minimum atomic E-state index is 0.610. The van der Waals surface area contributed by atoms with E-state index in [-0.39, 0.29) is 0 Å². The molecule has 84 valence electrons. The summed E-state index contributed by atoms with van der Waals surface area (Å²) in [6.07, 6.45) is 2.47. The Labute approximate surface area is 97.0 Å². The van der Waals surface area contributed by atoms with Crippen molar-refractivity contribution in [2.75, 3.05) is 5.32 Å². The van der Waals surface area contributed by atoms with Crippen LogP contribution < -0.4 is 5.32 Å². The van der Waals surface area contributed by atoms with Crippen LogP contribution in [-0.2, 0) is 6.54 Å². The standard InChI is InChI=1S/C10H12N4OS/c1-6-4-8(15-13-6)5-11-10-12-9(14-16-10)7-2-3-7/h4,7H,2-3,5H2,1H3,(H,11,12,14). The average molecular weight is 236 g/mol. The number of aryl methyl sites for hydroxylation is 1. The second-order valence-corrected chi connectivity index (χ2v) is 4.77. The van der Waals surface area contributed by atoms with E-state index >= 15 is 0 Å². The van der Waals surface area contributed by atoms with Crippen LogP contribution in [0.3, 0.4) is 0 Å². The highest BCUT2D eigenvalue weighted by Gasteiger charge is 2.27. The molecule has 1 aliphatic carbocycles. The first-order chi connectivity index (χ1) is 7.81. The Morgan fingerprint density at radius 3 is 3.12 bits per heavy atom. The minimum absolute atomic E-state index is 0.610. The lowest BCUT2D eigenvalue weighted by Gasteiger charge is -1.95. The fourth-order valence-electron chi connectivity index (χ4n) is 1.48. The van der Waals surface area contributed by atoms with Crippen molar-refractivity contribution in [3.05, 3.63) is 23.3 Å². The Kier molecular flexibility index (Phi) is 2.36. The average Bonchev–Trinajstić information content (AvgIpc) is 2.87. The third-order valence-corrected chi connectivity index (χ3v) is 3.16. The molecule has 0 amide bonds. The van der Waals surface area contributed by atoms with Crippen LogP contribution in [0.4, 0.5) is 5.13 Å². The largest absolute Gasteiger partial charge is 0.359 e. The highest BCUT2D eigenvalue weighted by atomic mass is 32.1. The van der Waals surface area contributed by atoms with Crippen LogP contribution in [0.25, 0.3) is 0 Å². The molecule has 0 aromatic carbocycles. The molecule has 0 bridgehead atoms. The van der Waals surface area contributed by atoms with E-state index in [1.807, 2.05) is 13.0 Å². The number of nitrogens with zero attached hydrogens (tertiary/aromatic N) is 3. The SMILES string of the molecule is Cc1cc(CNc2nc(C3CC3)ns2)on1. The summed E-state index contributed by atoms with van der Waals surface area (Å²) in [6, 6.07) is 1.91. The lowest BCUT2D eigenvalue weighted by atomic mass is 10.4. The number of anilines is 1. The Morgan fingerprint density at radius 2 is 2.44 bits per heavy atom. The highest BCUT2D eigenvalue weighted by Crippen LogP contribution is 2.39. The highest BCUT2D eigenvalue weighted by molar-refractivity contribution is 7.09. The number of rotatable bonds is 4. The summed E-state index contributed by atoms with van der Waals surface area (Å²) >= 11 is 1.41. The molecule has 0 radical (unpaired) electrons. The summed E-state index contributed by atoms with van der Waals surface area (Å²) in [7, 11) is 0. The molecule has 2 heterocycles. The molecule has 1 fully saturated rings. The van der Waals surface area contributed by atoms with Gasteiger partial charge in [0.1, 0.15) is 5.82 Å². The Hall–Kier alpha value is -1.43. The second kappa shape index (κ2) is 3.86. The lowest BCUT2D eigenvalue weighted by Crippen LogP contribution is -1.97. The van der Waals surface area contributed by atoms with Gasteiger partial charge < -0.3 is 9.84 Å². The van der Waals surface area contributed by atoms with Crippen LogP contribution in [0.1, 0.15) is 36.0 Å². The van der Waals surface area contributed by atoms with Gasteiger partial charge in [-0.3, -0.25) is 0 Å². The van der Waals surface area contributed by atoms with E-state index in [4.69, 9.17) is 4.52 Å². The molecule has 1 saturated carbocycles. The molecule has 0 aliphatic heterocycles. The zero-order valence-corrected chi connectivity index (χ0v) is 9.75. The van der Waals surface area contributed by atoms with Crippen molar-refractivity contribution in [1.29, 1.82) is 0 Å². The van der Waals surface area contributed by atoms with Gasteiger partial charge in [0.15, 0.2) is 5.76 Å². The van der Waals surface area contributed by atoms with Gasteiger partial charge in [-0.05, 0) is 19.8 Å². The van der Waals surface area contributed by atoms with Gasteiger partial charge in [0.05, 0.1) is 12.2 Å². The van der Waals surface area contributed by atoms with Crippen LogP contribution >= 0.6 is 11.5 Å². The first-order valence-corrected chi connectivity index (χ1v) is 6.08. The number of hydrogen-bond acceptors (Lipinski definition) is 6. The molecule has 5 nitrogen and oxygen atoms in total. The monoisotopic (exact) mass is 236 g/mol. The van der Waals surface area contributed by atoms with Crippen LogP contribution in [0, 0.1) is 6.92 Å². The molecule has 0 unspecified atom stereocenters. The van der Waals surface area contributed by atoms with Gasteiger partial charge in [0, 0.05) is 23.5 Å². The van der Waals surface area contributed by atoms with Crippen molar-refractivity contribution in [2.24, 2.45) is 0 Å². The Morgan fingerprint density at radius 1 is 1.56 bits per heavy atom. The van der Waals surface area contributed by atoms with Crippen LogP contribution in [0.2, 0.25) is 0 Å². The summed E-state index contributed by atoms with van der Waals surface area (Å²) in [5.74, 6) is 2.42. The summed E-state index contributed by atoms with van der Waals surface area (Å²) in [5.41, 5.74) is 0.896.